The third-order valence-electron chi connectivity index (χ3n) is 5.15. The Bertz CT molecular complexity index is 567. The molecule has 26 heavy (non-hydrogen) atoms. The zero-order chi connectivity index (χ0) is 17.9. The number of para-hydroxylation sites is 1. The number of aromatic hydroxyl groups is 1. The van der Waals surface area contributed by atoms with Gasteiger partial charge < -0.3 is 29.9 Å². The molecule has 4 heteroatoms. The smallest absolute Gasteiger partial charge is 1.00 e. The second kappa shape index (κ2) is 12.9. The molecule has 1 N–H and O–H groups in total. The molecule has 0 aliphatic carbocycles. The Hall–Kier alpha value is -0.336. The molecule has 2 aromatic carbocycles. The van der Waals surface area contributed by atoms with Crippen LogP contribution in [0.4, 0.5) is 0 Å². The van der Waals surface area contributed by atoms with Gasteiger partial charge in [0.2, 0.25) is 0 Å². The maximum absolute atomic E-state index is 9.93. The van der Waals surface area contributed by atoms with Crippen molar-refractivity contribution in [1.29, 1.82) is 0 Å². The van der Waals surface area contributed by atoms with E-state index in [4.69, 9.17) is 0 Å². The minimum atomic E-state index is 0. The standard InChI is InChI=1S/C12H18O.C10H15.2ClH.Ti/c1-8(2)10-6-5-7-11(9(3)4)12(10)13;1-6-7(2)9(4)10(5)8(6)3;;;/h5-9,13H,1-4H3;1-5H3;2*1H;/q;-1;;;+3/p-2. The van der Waals surface area contributed by atoms with E-state index in [0.717, 1.165) is 11.1 Å². The average molecular weight is 432 g/mol. The van der Waals surface area contributed by atoms with Gasteiger partial charge in [-0.3, -0.25) is 0 Å². The van der Waals surface area contributed by atoms with Crippen LogP contribution >= 0.6 is 0 Å². The summed E-state index contributed by atoms with van der Waals surface area (Å²) in [5.74, 6) is 1.25. The van der Waals surface area contributed by atoms with E-state index in [1.807, 2.05) is 18.2 Å². The van der Waals surface area contributed by atoms with E-state index in [9.17, 15) is 5.11 Å². The first kappa shape index (κ1) is 30.4. The Morgan fingerprint density at radius 3 is 1.27 bits per heavy atom. The summed E-state index contributed by atoms with van der Waals surface area (Å²) in [6, 6.07) is 6.00. The van der Waals surface area contributed by atoms with E-state index in [1.54, 1.807) is 0 Å². The Morgan fingerprint density at radius 2 is 1.08 bits per heavy atom. The van der Waals surface area contributed by atoms with Crippen molar-refractivity contribution in [3.63, 3.8) is 0 Å². The molecule has 0 aromatic heterocycles. The van der Waals surface area contributed by atoms with Crippen LogP contribution in [0.5, 0.6) is 5.75 Å². The minimum Gasteiger partial charge on any atom is -1.00 e. The molecule has 0 saturated heterocycles. The van der Waals surface area contributed by atoms with Crippen LogP contribution in [0.1, 0.15) is 78.5 Å². The monoisotopic (exact) mass is 431 g/mol. The number of phenols is 1. The molecular weight excluding hydrogens is 399 g/mol. The molecule has 0 fully saturated rings. The normalized spacial score (nSPS) is 9.65. The van der Waals surface area contributed by atoms with Gasteiger partial charge in [0.05, 0.1) is 0 Å². The number of rotatable bonds is 2. The summed E-state index contributed by atoms with van der Waals surface area (Å²) in [6.45, 7) is 19.4. The van der Waals surface area contributed by atoms with E-state index >= 15 is 0 Å². The van der Waals surface area contributed by atoms with E-state index in [0.29, 0.717) is 17.6 Å². The summed E-state index contributed by atoms with van der Waals surface area (Å²) < 4.78 is 0. The maximum atomic E-state index is 9.93. The fraction of sp³-hybridized carbons (Fsp3) is 0.500. The molecule has 0 saturated carbocycles. The van der Waals surface area contributed by atoms with Gasteiger partial charge in [-0.05, 0) is 23.0 Å². The summed E-state index contributed by atoms with van der Waals surface area (Å²) in [4.78, 5) is 0. The Labute approximate surface area is 188 Å². The van der Waals surface area contributed by atoms with Gasteiger partial charge in [0.15, 0.2) is 0 Å². The molecule has 1 radical (unpaired) electrons. The summed E-state index contributed by atoms with van der Waals surface area (Å²) >= 11 is 0. The second-order valence-corrected chi connectivity index (χ2v) is 7.22. The summed E-state index contributed by atoms with van der Waals surface area (Å²) in [5, 5.41) is 9.93. The first-order valence-corrected chi connectivity index (χ1v) is 8.60. The van der Waals surface area contributed by atoms with E-state index in [2.05, 4.69) is 62.3 Å². The fourth-order valence-electron chi connectivity index (χ4n) is 2.92. The van der Waals surface area contributed by atoms with Gasteiger partial charge in [-0.25, -0.2) is 0 Å². The minimum absolute atomic E-state index is 0. The van der Waals surface area contributed by atoms with Gasteiger partial charge in [0.25, 0.3) is 0 Å². The molecule has 0 unspecified atom stereocenters. The van der Waals surface area contributed by atoms with Crippen LogP contribution in [0.3, 0.4) is 0 Å². The van der Waals surface area contributed by atoms with Crippen LogP contribution in [0.2, 0.25) is 0 Å². The van der Waals surface area contributed by atoms with E-state index in [1.165, 1.54) is 27.8 Å². The molecule has 145 valence electrons. The van der Waals surface area contributed by atoms with E-state index < -0.39 is 0 Å². The van der Waals surface area contributed by atoms with Crippen molar-refractivity contribution < 1.29 is 51.6 Å². The Balaban J connectivity index is -0.000000374. The largest absolute Gasteiger partial charge is 3.00 e. The van der Waals surface area contributed by atoms with Crippen LogP contribution in [0.25, 0.3) is 0 Å². The van der Waals surface area contributed by atoms with Crippen molar-refractivity contribution >= 4 is 0 Å². The number of halogens is 2. The first-order valence-electron chi connectivity index (χ1n) is 8.60. The molecule has 0 aliphatic heterocycles. The molecule has 2 rings (SSSR count). The molecule has 2 aromatic rings. The van der Waals surface area contributed by atoms with Crippen LogP contribution in [-0.2, 0) is 21.7 Å². The SMILES string of the molecule is CC(C)c1cccc(C(C)C)c1O.Cc1c(C)c(C)[c-](C)c1C.[Cl-].[Cl-].[Ti+3]. The molecule has 0 bridgehead atoms. The molecular formula is C22H33Cl2OTi. The van der Waals surface area contributed by atoms with Gasteiger partial charge in [0.1, 0.15) is 5.75 Å². The predicted octanol–water partition coefficient (Wildman–Crippen LogP) is 0.592. The summed E-state index contributed by atoms with van der Waals surface area (Å²) in [5.41, 5.74) is 9.43. The molecule has 0 heterocycles. The quantitative estimate of drug-likeness (QED) is 0.545. The number of benzene rings is 1. The van der Waals surface area contributed by atoms with Crippen LogP contribution in [0.15, 0.2) is 18.2 Å². The van der Waals surface area contributed by atoms with Crippen LogP contribution in [0, 0.1) is 34.6 Å². The van der Waals surface area contributed by atoms with Gasteiger partial charge in [-0.15, -0.1) is 0 Å². The van der Waals surface area contributed by atoms with Gasteiger partial charge in [0, 0.05) is 0 Å². The van der Waals surface area contributed by atoms with Crippen molar-refractivity contribution in [2.75, 3.05) is 0 Å². The summed E-state index contributed by atoms with van der Waals surface area (Å²) in [6.07, 6.45) is 0. The number of hydrogen-bond acceptors (Lipinski definition) is 1. The average Bonchev–Trinajstić information content (AvgIpc) is 2.65. The fourth-order valence-corrected chi connectivity index (χ4v) is 2.92. The van der Waals surface area contributed by atoms with Crippen molar-refractivity contribution in [3.8, 4) is 5.75 Å². The zero-order valence-electron chi connectivity index (χ0n) is 17.6. The van der Waals surface area contributed by atoms with E-state index in [-0.39, 0.29) is 46.5 Å². The third-order valence-corrected chi connectivity index (χ3v) is 5.15. The Kier molecular flexibility index (Phi) is 15.1. The van der Waals surface area contributed by atoms with Crippen molar-refractivity contribution in [1.82, 2.24) is 0 Å². The molecule has 0 atom stereocenters. The third kappa shape index (κ3) is 7.00. The molecule has 0 amide bonds. The number of hydrogen-bond donors (Lipinski definition) is 1. The maximum Gasteiger partial charge on any atom is 3.00 e. The van der Waals surface area contributed by atoms with Gasteiger partial charge >= 0.3 is 21.7 Å². The topological polar surface area (TPSA) is 20.2 Å². The number of phenolic OH excluding ortho intramolecular Hbond substituents is 1. The molecule has 0 spiro atoms. The predicted molar refractivity (Wildman–Crippen MR) is 102 cm³/mol. The van der Waals surface area contributed by atoms with Gasteiger partial charge in [-0.2, -0.15) is 27.8 Å². The van der Waals surface area contributed by atoms with Crippen molar-refractivity contribution in [2.24, 2.45) is 0 Å². The van der Waals surface area contributed by atoms with Crippen LogP contribution in [-0.4, -0.2) is 5.11 Å². The molecule has 0 aliphatic rings. The molecule has 1 nitrogen and oxygen atoms in total. The Morgan fingerprint density at radius 1 is 0.769 bits per heavy atom. The van der Waals surface area contributed by atoms with Crippen molar-refractivity contribution in [3.05, 3.63) is 57.1 Å². The second-order valence-electron chi connectivity index (χ2n) is 7.22. The van der Waals surface area contributed by atoms with Crippen LogP contribution < -0.4 is 24.8 Å². The van der Waals surface area contributed by atoms with Crippen molar-refractivity contribution in [2.45, 2.75) is 74.1 Å². The first-order chi connectivity index (χ1) is 10.6. The summed E-state index contributed by atoms with van der Waals surface area (Å²) in [7, 11) is 0. The van der Waals surface area contributed by atoms with Gasteiger partial charge in [-0.1, -0.05) is 80.5 Å². The zero-order valence-corrected chi connectivity index (χ0v) is 20.7.